The van der Waals surface area contributed by atoms with Gasteiger partial charge in [0.15, 0.2) is 24.2 Å². The maximum Gasteiger partial charge on any atom is 0.313 e. The second kappa shape index (κ2) is 13.7. The summed E-state index contributed by atoms with van der Waals surface area (Å²) >= 11 is 0. The minimum absolute atomic E-state index is 0.177. The second-order valence-electron chi connectivity index (χ2n) is 13.3. The molecule has 3 fully saturated rings. The predicted molar refractivity (Wildman–Crippen MR) is 172 cm³/mol. The van der Waals surface area contributed by atoms with E-state index in [2.05, 4.69) is 44.7 Å². The van der Waals surface area contributed by atoms with Gasteiger partial charge in [-0.05, 0) is 59.4 Å². The Hall–Kier alpha value is -3.24. The largest absolute Gasteiger partial charge is 0.475 e. The number of aryl methyl sites for hydroxylation is 1. The van der Waals surface area contributed by atoms with Crippen LogP contribution < -0.4 is 4.74 Å². The number of rotatable bonds is 11. The lowest BCUT2D eigenvalue weighted by Crippen LogP contribution is -2.38. The van der Waals surface area contributed by atoms with Crippen molar-refractivity contribution in [1.29, 1.82) is 5.26 Å². The number of imidazole rings is 1. The molecule has 3 aromatic rings. The Labute approximate surface area is 276 Å². The molecular weight excluding hydrogens is 623 g/mol. The van der Waals surface area contributed by atoms with Gasteiger partial charge in [-0.25, -0.2) is 14.6 Å². The van der Waals surface area contributed by atoms with E-state index in [1.165, 1.54) is 0 Å². The van der Waals surface area contributed by atoms with E-state index in [0.29, 0.717) is 29.3 Å². The number of hydrogen-bond donors (Lipinski definition) is 0. The first-order valence-electron chi connectivity index (χ1n) is 16.2. The van der Waals surface area contributed by atoms with Crippen molar-refractivity contribution in [3.8, 4) is 11.9 Å². The molecule has 0 bridgehead atoms. The molecule has 1 unspecified atom stereocenters. The van der Waals surface area contributed by atoms with Crippen LogP contribution in [-0.2, 0) is 33.7 Å². The van der Waals surface area contributed by atoms with Crippen molar-refractivity contribution < 1.29 is 32.8 Å². The Morgan fingerprint density at radius 1 is 1.21 bits per heavy atom. The summed E-state index contributed by atoms with van der Waals surface area (Å²) < 4.78 is 42.4. The summed E-state index contributed by atoms with van der Waals surface area (Å²) in [6.07, 6.45) is 2.17. The summed E-state index contributed by atoms with van der Waals surface area (Å²) in [7, 11) is -1.47. The molecule has 252 valence electrons. The third-order valence-corrected chi connectivity index (χ3v) is 10.7. The molecule has 0 N–H and O–H groups in total. The summed E-state index contributed by atoms with van der Waals surface area (Å²) in [5, 5.41) is 8.98. The molecule has 0 aliphatic carbocycles. The Kier molecular flexibility index (Phi) is 9.81. The van der Waals surface area contributed by atoms with Gasteiger partial charge in [0.25, 0.3) is 8.53 Å². The normalized spacial score (nSPS) is 29.2. The van der Waals surface area contributed by atoms with Gasteiger partial charge in [-0.2, -0.15) is 10.2 Å². The molecule has 2 aromatic heterocycles. The Morgan fingerprint density at radius 2 is 2.00 bits per heavy atom. The summed E-state index contributed by atoms with van der Waals surface area (Å²) in [6, 6.07) is 12.6. The quantitative estimate of drug-likeness (QED) is 0.107. The van der Waals surface area contributed by atoms with Crippen molar-refractivity contribution in [1.82, 2.24) is 24.2 Å². The van der Waals surface area contributed by atoms with Gasteiger partial charge in [-0.3, -0.25) is 9.36 Å². The Bertz CT molecular complexity index is 1610. The third kappa shape index (κ3) is 6.60. The average Bonchev–Trinajstić information content (AvgIpc) is 3.82. The van der Waals surface area contributed by atoms with Gasteiger partial charge in [0.05, 0.1) is 36.4 Å². The van der Waals surface area contributed by atoms with Crippen molar-refractivity contribution in [2.24, 2.45) is 5.41 Å². The van der Waals surface area contributed by atoms with Gasteiger partial charge in [0.1, 0.15) is 30.2 Å². The molecule has 7 atom stereocenters. The molecule has 0 amide bonds. The molecule has 14 heteroatoms. The summed E-state index contributed by atoms with van der Waals surface area (Å²) in [5.41, 5.74) is 0.826. The number of aromatic nitrogens is 4. The molecule has 0 spiro atoms. The van der Waals surface area contributed by atoms with Crippen LogP contribution in [0.1, 0.15) is 77.9 Å². The van der Waals surface area contributed by atoms with Crippen LogP contribution in [0.5, 0.6) is 5.88 Å². The Morgan fingerprint density at radius 3 is 2.72 bits per heavy atom. The highest BCUT2D eigenvalue weighted by molar-refractivity contribution is 7.45. The smallest absolute Gasteiger partial charge is 0.313 e. The van der Waals surface area contributed by atoms with E-state index < -0.39 is 38.0 Å². The first-order valence-corrected chi connectivity index (χ1v) is 17.3. The van der Waals surface area contributed by atoms with Gasteiger partial charge in [0.2, 0.25) is 5.88 Å². The average molecular weight is 667 g/mol. The molecule has 5 heterocycles. The molecule has 3 aliphatic heterocycles. The molecular formula is C33H43N6O7P. The van der Waals surface area contributed by atoms with E-state index in [0.717, 1.165) is 24.9 Å². The van der Waals surface area contributed by atoms with Gasteiger partial charge < -0.3 is 28.0 Å². The Balaban J connectivity index is 1.32. The zero-order chi connectivity index (χ0) is 33.3. The lowest BCUT2D eigenvalue weighted by atomic mass is 9.87. The third-order valence-electron chi connectivity index (χ3n) is 8.88. The highest BCUT2D eigenvalue weighted by Crippen LogP contribution is 2.64. The predicted octanol–water partition coefficient (Wildman–Crippen LogP) is 5.69. The maximum absolute atomic E-state index is 12.7. The number of ether oxygens (including phenoxy) is 4. The number of benzene rings is 1. The number of esters is 1. The lowest BCUT2D eigenvalue weighted by molar-refractivity contribution is -0.178. The minimum Gasteiger partial charge on any atom is -0.475 e. The van der Waals surface area contributed by atoms with Gasteiger partial charge in [-0.15, -0.1) is 0 Å². The number of nitrogens with zero attached hydrogens (tertiary/aromatic N) is 6. The van der Waals surface area contributed by atoms with Crippen LogP contribution in [0.3, 0.4) is 0 Å². The van der Waals surface area contributed by atoms with Crippen LogP contribution >= 0.6 is 8.53 Å². The van der Waals surface area contributed by atoms with Crippen LogP contribution in [0.15, 0.2) is 36.7 Å². The first-order chi connectivity index (χ1) is 22.5. The molecule has 13 nitrogen and oxygen atoms in total. The molecule has 0 saturated carbocycles. The minimum atomic E-state index is -1.47. The van der Waals surface area contributed by atoms with Gasteiger partial charge in [0, 0.05) is 6.54 Å². The monoisotopic (exact) mass is 666 g/mol. The molecule has 0 radical (unpaired) electrons. The summed E-state index contributed by atoms with van der Waals surface area (Å²) in [4.78, 5) is 26.3. The van der Waals surface area contributed by atoms with E-state index in [1.54, 1.807) is 38.6 Å². The number of nitriles is 1. The number of carbonyl (C=O) groups excluding carboxylic acids is 1. The standard InChI is InChI=1S/C33H43N6O7P/c1-7-23-26(45-47-39-17-11-15-24(39)33(6,46-47)22-13-9-8-10-14-22)27(42-20-43-31(40)32(3,4)5)30(44-23)38-19-35-25-28(38)36-21(2)37-29(25)41-18-12-16-34/h8-10,13-14,19,23-24,26-27,30H,7,11-12,15,17-18,20H2,1-6H3/t23-,24-,26+,27?,30-,33+,47-/m1/s1. The highest BCUT2D eigenvalue weighted by Gasteiger charge is 2.58. The fourth-order valence-electron chi connectivity index (χ4n) is 6.40. The lowest BCUT2D eigenvalue weighted by Gasteiger charge is -2.30. The van der Waals surface area contributed by atoms with Crippen molar-refractivity contribution in [3.63, 3.8) is 0 Å². The zero-order valence-corrected chi connectivity index (χ0v) is 28.7. The van der Waals surface area contributed by atoms with E-state index >= 15 is 0 Å². The SMILES string of the molecule is CC[C@H]1O[C@@H](n2cnc3c(OCCC#N)nc(C)nc32)C(OCOC(=O)C(C)(C)C)[C@H]1O[P@]1O[C@@](C)(c2ccccc2)[C@H]2CCCN21. The van der Waals surface area contributed by atoms with Crippen LogP contribution in [0.2, 0.25) is 0 Å². The number of carbonyl (C=O) groups is 1. The van der Waals surface area contributed by atoms with Gasteiger partial charge >= 0.3 is 5.97 Å². The van der Waals surface area contributed by atoms with Crippen LogP contribution in [0.4, 0.5) is 0 Å². The van der Waals surface area contributed by atoms with Crippen molar-refractivity contribution >= 4 is 25.7 Å². The van der Waals surface area contributed by atoms with Gasteiger partial charge in [-0.1, -0.05) is 37.3 Å². The topological polar surface area (TPSA) is 143 Å². The first kappa shape index (κ1) is 33.7. The van der Waals surface area contributed by atoms with Crippen molar-refractivity contribution in [2.45, 2.75) is 103 Å². The van der Waals surface area contributed by atoms with E-state index in [-0.39, 0.29) is 37.9 Å². The molecule has 47 heavy (non-hydrogen) atoms. The molecule has 1 aromatic carbocycles. The van der Waals surface area contributed by atoms with Crippen LogP contribution in [0, 0.1) is 23.7 Å². The number of hydrogen-bond acceptors (Lipinski definition) is 12. The van der Waals surface area contributed by atoms with Crippen molar-refractivity contribution in [3.05, 3.63) is 48.0 Å². The fraction of sp³-hybridized carbons (Fsp3) is 0.606. The molecule has 3 saturated heterocycles. The van der Waals surface area contributed by atoms with E-state index in [4.69, 9.17) is 33.3 Å². The van der Waals surface area contributed by atoms with E-state index in [1.807, 2.05) is 25.1 Å². The molecule has 6 rings (SSSR count). The van der Waals surface area contributed by atoms with Crippen LogP contribution in [-0.4, -0.2) is 74.5 Å². The van der Waals surface area contributed by atoms with Crippen LogP contribution in [0.25, 0.3) is 11.2 Å². The second-order valence-corrected chi connectivity index (χ2v) is 14.6. The maximum atomic E-state index is 12.7. The zero-order valence-electron chi connectivity index (χ0n) is 27.8. The highest BCUT2D eigenvalue weighted by atomic mass is 31.2. The number of fused-ring (bicyclic) bond motifs is 2. The van der Waals surface area contributed by atoms with E-state index in [9.17, 15) is 4.79 Å². The summed E-state index contributed by atoms with van der Waals surface area (Å²) in [5.74, 6) is 0.387. The summed E-state index contributed by atoms with van der Waals surface area (Å²) in [6.45, 7) is 12.1. The molecule has 3 aliphatic rings. The fourth-order valence-corrected chi connectivity index (χ4v) is 8.56. The van der Waals surface area contributed by atoms with Crippen molar-refractivity contribution in [2.75, 3.05) is 19.9 Å².